The van der Waals surface area contributed by atoms with Crippen molar-refractivity contribution in [1.82, 2.24) is 9.55 Å². The highest BCUT2D eigenvalue weighted by Crippen LogP contribution is 2.38. The van der Waals surface area contributed by atoms with Gasteiger partial charge in [0.05, 0.1) is 6.61 Å². The number of aliphatic hydroxyl groups excluding tert-OH is 2. The van der Waals surface area contributed by atoms with Crippen LogP contribution in [-0.4, -0.2) is 44.7 Å². The zero-order valence-corrected chi connectivity index (χ0v) is 8.28. The Labute approximate surface area is 90.4 Å². The van der Waals surface area contributed by atoms with Crippen LogP contribution < -0.4 is 10.2 Å². The summed E-state index contributed by atoms with van der Waals surface area (Å²) in [6.45, 7) is -0.253. The van der Waals surface area contributed by atoms with Crippen LogP contribution in [0.5, 0.6) is 6.01 Å². The molecule has 0 amide bonds. The highest BCUT2D eigenvalue weighted by Gasteiger charge is 2.50. The summed E-state index contributed by atoms with van der Waals surface area (Å²) in [5.41, 5.74) is 0.0967. The van der Waals surface area contributed by atoms with Crippen LogP contribution in [0.25, 0.3) is 0 Å². The third kappa shape index (κ3) is 1.19. The van der Waals surface area contributed by atoms with Gasteiger partial charge in [0.1, 0.15) is 12.2 Å². The Morgan fingerprint density at radius 3 is 3.12 bits per heavy atom. The second-order valence-electron chi connectivity index (χ2n) is 3.82. The van der Waals surface area contributed by atoms with Crippen molar-refractivity contribution in [3.63, 3.8) is 0 Å². The monoisotopic (exact) mass is 225 g/mol. The van der Waals surface area contributed by atoms with Crippen LogP contribution >= 0.6 is 0 Å². The third-order valence-corrected chi connectivity index (χ3v) is 2.84. The minimum Gasteiger partial charge on any atom is -0.454 e. The molecule has 0 radical (unpaired) electrons. The van der Waals surface area contributed by atoms with E-state index in [1.165, 1.54) is 6.07 Å². The molecule has 2 aliphatic heterocycles. The van der Waals surface area contributed by atoms with Crippen molar-refractivity contribution in [3.05, 3.63) is 17.8 Å². The lowest BCUT2D eigenvalue weighted by Gasteiger charge is -2.14. The highest BCUT2D eigenvalue weighted by molar-refractivity contribution is 5.10. The lowest BCUT2D eigenvalue weighted by Crippen LogP contribution is -2.34. The van der Waals surface area contributed by atoms with Gasteiger partial charge in [0, 0.05) is 6.20 Å². The Balaban J connectivity index is 1.99. The van der Waals surface area contributed by atoms with Gasteiger partial charge in [-0.3, -0.25) is 9.98 Å². The standard InChI is InChI=1S/C9H11N3O4/c10-5-1-2-12-8-7(16-9(12)11-5)6(14)4(3-13)15-8/h1-2,4,6-8,10,13-14H,3H2/t4-,6-,7+,8+/m0/s1. The van der Waals surface area contributed by atoms with Crippen LogP contribution in [0, 0.1) is 5.41 Å². The van der Waals surface area contributed by atoms with Crippen LogP contribution in [0.2, 0.25) is 0 Å². The topological polar surface area (TPSA) is 101 Å². The van der Waals surface area contributed by atoms with Gasteiger partial charge in [-0.25, -0.2) is 0 Å². The number of nitrogens with one attached hydrogen (secondary N) is 1. The van der Waals surface area contributed by atoms with Gasteiger partial charge < -0.3 is 19.7 Å². The predicted octanol–water partition coefficient (Wildman–Crippen LogP) is -1.63. The molecule has 3 N–H and O–H groups in total. The van der Waals surface area contributed by atoms with E-state index in [4.69, 9.17) is 20.0 Å². The normalized spacial score (nSPS) is 35.6. The van der Waals surface area contributed by atoms with E-state index in [-0.39, 0.29) is 18.1 Å². The maximum atomic E-state index is 9.80. The molecule has 0 saturated carbocycles. The van der Waals surface area contributed by atoms with E-state index >= 15 is 0 Å². The van der Waals surface area contributed by atoms with Gasteiger partial charge in [-0.1, -0.05) is 0 Å². The number of nitrogens with zero attached hydrogens (tertiary/aromatic N) is 2. The number of hydrogen-bond donors (Lipinski definition) is 3. The summed E-state index contributed by atoms with van der Waals surface area (Å²) in [5.74, 6) is 0. The van der Waals surface area contributed by atoms with Crippen LogP contribution in [0.3, 0.4) is 0 Å². The number of hydrogen-bond acceptors (Lipinski definition) is 6. The van der Waals surface area contributed by atoms with Crippen LogP contribution in [0.4, 0.5) is 0 Å². The zero-order valence-electron chi connectivity index (χ0n) is 8.28. The summed E-state index contributed by atoms with van der Waals surface area (Å²) < 4.78 is 12.5. The summed E-state index contributed by atoms with van der Waals surface area (Å²) in [6, 6.07) is 1.77. The number of aromatic nitrogens is 2. The maximum absolute atomic E-state index is 9.80. The van der Waals surface area contributed by atoms with Crippen molar-refractivity contribution in [2.75, 3.05) is 6.61 Å². The Morgan fingerprint density at radius 1 is 1.56 bits per heavy atom. The molecule has 4 atom stereocenters. The average molecular weight is 225 g/mol. The lowest BCUT2D eigenvalue weighted by molar-refractivity contribution is -0.0434. The predicted molar refractivity (Wildman–Crippen MR) is 49.5 cm³/mol. The van der Waals surface area contributed by atoms with E-state index in [2.05, 4.69) is 4.98 Å². The minimum atomic E-state index is -0.883. The molecule has 0 aliphatic carbocycles. The molecule has 0 spiro atoms. The van der Waals surface area contributed by atoms with Crippen LogP contribution in [0.1, 0.15) is 6.23 Å². The van der Waals surface area contributed by atoms with E-state index < -0.39 is 24.5 Å². The molecular formula is C9H11N3O4. The van der Waals surface area contributed by atoms with E-state index in [0.717, 1.165) is 0 Å². The van der Waals surface area contributed by atoms with Gasteiger partial charge in [0.2, 0.25) is 0 Å². The molecule has 16 heavy (non-hydrogen) atoms. The fourth-order valence-corrected chi connectivity index (χ4v) is 2.04. The SMILES string of the molecule is N=c1ccn2c(n1)O[C@@H]1[C@@H](O)[C@H](CO)O[C@H]12. The van der Waals surface area contributed by atoms with Crippen molar-refractivity contribution in [2.24, 2.45) is 0 Å². The Kier molecular flexibility index (Phi) is 2.00. The third-order valence-electron chi connectivity index (χ3n) is 2.84. The first-order chi connectivity index (χ1) is 7.70. The zero-order chi connectivity index (χ0) is 11.3. The molecule has 1 aromatic heterocycles. The first-order valence-electron chi connectivity index (χ1n) is 4.95. The van der Waals surface area contributed by atoms with Gasteiger partial charge in [0.25, 0.3) is 0 Å². The van der Waals surface area contributed by atoms with E-state index in [1.54, 1.807) is 10.8 Å². The van der Waals surface area contributed by atoms with Crippen molar-refractivity contribution < 1.29 is 19.7 Å². The molecule has 0 aromatic carbocycles. The summed E-state index contributed by atoms with van der Waals surface area (Å²) in [6.07, 6.45) is -0.930. The quantitative estimate of drug-likeness (QED) is 0.533. The number of fused-ring (bicyclic) bond motifs is 3. The first kappa shape index (κ1) is 9.76. The fourth-order valence-electron chi connectivity index (χ4n) is 2.04. The largest absolute Gasteiger partial charge is 0.454 e. The lowest BCUT2D eigenvalue weighted by atomic mass is 10.1. The number of rotatable bonds is 1. The number of aliphatic hydroxyl groups is 2. The molecule has 7 heteroatoms. The molecule has 2 aliphatic rings. The average Bonchev–Trinajstić information content (AvgIpc) is 2.75. The fraction of sp³-hybridized carbons (Fsp3) is 0.556. The van der Waals surface area contributed by atoms with Crippen molar-refractivity contribution in [1.29, 1.82) is 5.41 Å². The summed E-state index contributed by atoms with van der Waals surface area (Å²) >= 11 is 0. The van der Waals surface area contributed by atoms with E-state index in [0.29, 0.717) is 0 Å². The van der Waals surface area contributed by atoms with Gasteiger partial charge >= 0.3 is 6.01 Å². The Hall–Kier alpha value is -1.44. The van der Waals surface area contributed by atoms with Gasteiger partial charge in [-0.15, -0.1) is 0 Å². The van der Waals surface area contributed by atoms with Crippen molar-refractivity contribution in [3.8, 4) is 6.01 Å². The Bertz CT molecular complexity index is 474. The van der Waals surface area contributed by atoms with Crippen molar-refractivity contribution >= 4 is 0 Å². The number of ether oxygens (including phenoxy) is 2. The van der Waals surface area contributed by atoms with Gasteiger partial charge in [-0.05, 0) is 6.07 Å². The molecule has 3 rings (SSSR count). The van der Waals surface area contributed by atoms with E-state index in [1.807, 2.05) is 0 Å². The second kappa shape index (κ2) is 3.27. The minimum absolute atomic E-state index is 0.0967. The second-order valence-corrected chi connectivity index (χ2v) is 3.82. The summed E-state index contributed by atoms with van der Waals surface area (Å²) in [7, 11) is 0. The van der Waals surface area contributed by atoms with Gasteiger partial charge in [0.15, 0.2) is 17.8 Å². The van der Waals surface area contributed by atoms with Crippen LogP contribution in [-0.2, 0) is 4.74 Å². The smallest absolute Gasteiger partial charge is 0.301 e. The first-order valence-corrected chi connectivity index (χ1v) is 4.95. The van der Waals surface area contributed by atoms with Crippen LogP contribution in [0.15, 0.2) is 12.3 Å². The van der Waals surface area contributed by atoms with Gasteiger partial charge in [-0.2, -0.15) is 4.98 Å². The molecule has 0 unspecified atom stereocenters. The molecule has 1 saturated heterocycles. The van der Waals surface area contributed by atoms with E-state index in [9.17, 15) is 5.11 Å². The highest BCUT2D eigenvalue weighted by atomic mass is 16.6. The summed E-state index contributed by atoms with van der Waals surface area (Å²) in [4.78, 5) is 3.88. The molecule has 0 bridgehead atoms. The molecule has 1 fully saturated rings. The van der Waals surface area contributed by atoms with Crippen molar-refractivity contribution in [2.45, 2.75) is 24.5 Å². The molecule has 1 aromatic rings. The molecule has 7 nitrogen and oxygen atoms in total. The molecule has 3 heterocycles. The molecular weight excluding hydrogens is 214 g/mol. The summed E-state index contributed by atoms with van der Waals surface area (Å²) in [5, 5.41) is 26.1. The Morgan fingerprint density at radius 2 is 2.38 bits per heavy atom. The molecule has 86 valence electrons. The maximum Gasteiger partial charge on any atom is 0.301 e.